The number of amides is 1. The molecule has 4 heteroatoms. The Balaban J connectivity index is 2.45. The third-order valence-electron chi connectivity index (χ3n) is 3.52. The molecule has 94 valence electrons. The zero-order chi connectivity index (χ0) is 12.0. The molecule has 1 amide bonds. The Bertz CT molecular complexity index is 225. The molecule has 0 aromatic carbocycles. The lowest BCUT2D eigenvalue weighted by Gasteiger charge is -2.36. The van der Waals surface area contributed by atoms with Gasteiger partial charge in [0.2, 0.25) is 5.91 Å². The van der Waals surface area contributed by atoms with E-state index in [0.29, 0.717) is 6.42 Å². The Morgan fingerprint density at radius 1 is 1.38 bits per heavy atom. The van der Waals surface area contributed by atoms with Gasteiger partial charge in [0.25, 0.3) is 0 Å². The van der Waals surface area contributed by atoms with Crippen LogP contribution in [0.2, 0.25) is 0 Å². The zero-order valence-electron chi connectivity index (χ0n) is 10.4. The summed E-state index contributed by atoms with van der Waals surface area (Å²) in [5, 5.41) is 15.0. The third kappa shape index (κ3) is 3.76. The first-order valence-electron chi connectivity index (χ1n) is 6.21. The van der Waals surface area contributed by atoms with Crippen LogP contribution in [0, 0.1) is 0 Å². The maximum Gasteiger partial charge on any atom is 0.222 e. The SMILES string of the molecule is CNC1(CC(=O)N[C@H](C)CO)CCCCC1. The van der Waals surface area contributed by atoms with Crippen molar-refractivity contribution in [3.8, 4) is 0 Å². The van der Waals surface area contributed by atoms with Crippen LogP contribution in [-0.4, -0.2) is 36.2 Å². The molecule has 1 rings (SSSR count). The molecule has 1 aliphatic rings. The molecular formula is C12H24N2O2. The van der Waals surface area contributed by atoms with Gasteiger partial charge in [0.1, 0.15) is 0 Å². The van der Waals surface area contributed by atoms with Gasteiger partial charge in [-0.2, -0.15) is 0 Å². The summed E-state index contributed by atoms with van der Waals surface area (Å²) >= 11 is 0. The van der Waals surface area contributed by atoms with E-state index in [2.05, 4.69) is 10.6 Å². The van der Waals surface area contributed by atoms with Crippen LogP contribution in [0.25, 0.3) is 0 Å². The van der Waals surface area contributed by atoms with E-state index in [1.807, 2.05) is 14.0 Å². The highest BCUT2D eigenvalue weighted by Crippen LogP contribution is 2.30. The zero-order valence-corrected chi connectivity index (χ0v) is 10.4. The summed E-state index contributed by atoms with van der Waals surface area (Å²) in [5.74, 6) is 0.0396. The van der Waals surface area contributed by atoms with Crippen molar-refractivity contribution in [2.45, 2.75) is 57.0 Å². The molecule has 0 aromatic heterocycles. The normalized spacial score (nSPS) is 21.4. The summed E-state index contributed by atoms with van der Waals surface area (Å²) in [5.41, 5.74) is -0.0164. The highest BCUT2D eigenvalue weighted by atomic mass is 16.3. The minimum atomic E-state index is -0.148. The summed E-state index contributed by atoms with van der Waals surface area (Å²) in [6.07, 6.45) is 6.34. The van der Waals surface area contributed by atoms with E-state index in [0.717, 1.165) is 12.8 Å². The van der Waals surface area contributed by atoms with E-state index in [4.69, 9.17) is 5.11 Å². The monoisotopic (exact) mass is 228 g/mol. The molecule has 0 spiro atoms. The number of carbonyl (C=O) groups excluding carboxylic acids is 1. The molecule has 0 aliphatic heterocycles. The molecular weight excluding hydrogens is 204 g/mol. The molecule has 0 unspecified atom stereocenters. The number of rotatable bonds is 5. The van der Waals surface area contributed by atoms with Gasteiger partial charge < -0.3 is 15.7 Å². The van der Waals surface area contributed by atoms with Gasteiger partial charge in [0.15, 0.2) is 0 Å². The Morgan fingerprint density at radius 3 is 2.50 bits per heavy atom. The van der Waals surface area contributed by atoms with Crippen LogP contribution in [0.5, 0.6) is 0 Å². The summed E-state index contributed by atoms with van der Waals surface area (Å²) in [6.45, 7) is 1.81. The molecule has 0 heterocycles. The summed E-state index contributed by atoms with van der Waals surface area (Å²) < 4.78 is 0. The summed E-state index contributed by atoms with van der Waals surface area (Å²) in [6, 6.07) is -0.148. The Hall–Kier alpha value is -0.610. The predicted molar refractivity (Wildman–Crippen MR) is 64.2 cm³/mol. The van der Waals surface area contributed by atoms with Crippen LogP contribution >= 0.6 is 0 Å². The lowest BCUT2D eigenvalue weighted by Crippen LogP contribution is -2.49. The standard InChI is InChI=1S/C12H24N2O2/c1-10(9-15)14-11(16)8-12(13-2)6-4-3-5-7-12/h10,13,15H,3-9H2,1-2H3,(H,14,16)/t10-/m1/s1. The smallest absolute Gasteiger partial charge is 0.222 e. The predicted octanol–water partition coefficient (Wildman–Crippen LogP) is 0.796. The fourth-order valence-corrected chi connectivity index (χ4v) is 2.42. The molecule has 0 aromatic rings. The Morgan fingerprint density at radius 2 is 2.00 bits per heavy atom. The van der Waals surface area contributed by atoms with E-state index < -0.39 is 0 Å². The van der Waals surface area contributed by atoms with Gasteiger partial charge in [0, 0.05) is 18.0 Å². The first-order chi connectivity index (χ1) is 7.62. The van der Waals surface area contributed by atoms with Gasteiger partial charge in [0.05, 0.1) is 6.61 Å². The number of aliphatic hydroxyl groups is 1. The molecule has 16 heavy (non-hydrogen) atoms. The van der Waals surface area contributed by atoms with Crippen molar-refractivity contribution in [2.75, 3.05) is 13.7 Å². The van der Waals surface area contributed by atoms with Gasteiger partial charge in [-0.05, 0) is 26.8 Å². The van der Waals surface area contributed by atoms with Crippen LogP contribution < -0.4 is 10.6 Å². The lowest BCUT2D eigenvalue weighted by molar-refractivity contribution is -0.123. The summed E-state index contributed by atoms with van der Waals surface area (Å²) in [4.78, 5) is 11.8. The Kier molecular flexibility index (Phi) is 5.22. The maximum absolute atomic E-state index is 11.8. The number of hydrogen-bond acceptors (Lipinski definition) is 3. The van der Waals surface area contributed by atoms with Gasteiger partial charge in [-0.15, -0.1) is 0 Å². The average molecular weight is 228 g/mol. The van der Waals surface area contributed by atoms with Crippen LogP contribution in [0.3, 0.4) is 0 Å². The van der Waals surface area contributed by atoms with E-state index in [1.54, 1.807) is 0 Å². The molecule has 0 saturated heterocycles. The molecule has 4 nitrogen and oxygen atoms in total. The number of nitrogens with one attached hydrogen (secondary N) is 2. The van der Waals surface area contributed by atoms with Crippen LogP contribution in [-0.2, 0) is 4.79 Å². The second kappa shape index (κ2) is 6.21. The van der Waals surface area contributed by atoms with Gasteiger partial charge >= 0.3 is 0 Å². The average Bonchev–Trinajstić information content (AvgIpc) is 2.29. The van der Waals surface area contributed by atoms with E-state index >= 15 is 0 Å². The third-order valence-corrected chi connectivity index (χ3v) is 3.52. The molecule has 1 fully saturated rings. The fraction of sp³-hybridized carbons (Fsp3) is 0.917. The van der Waals surface area contributed by atoms with E-state index in [1.165, 1.54) is 19.3 Å². The molecule has 0 bridgehead atoms. The molecule has 1 atom stereocenters. The number of hydrogen-bond donors (Lipinski definition) is 3. The lowest BCUT2D eigenvalue weighted by atomic mass is 9.79. The van der Waals surface area contributed by atoms with E-state index in [9.17, 15) is 4.79 Å². The van der Waals surface area contributed by atoms with Crippen LogP contribution in [0.15, 0.2) is 0 Å². The van der Waals surface area contributed by atoms with Crippen LogP contribution in [0.4, 0.5) is 0 Å². The van der Waals surface area contributed by atoms with Gasteiger partial charge in [-0.1, -0.05) is 19.3 Å². The van der Waals surface area contributed by atoms with Gasteiger partial charge in [-0.25, -0.2) is 0 Å². The quantitative estimate of drug-likeness (QED) is 0.652. The molecule has 1 saturated carbocycles. The minimum absolute atomic E-state index is 0.00169. The van der Waals surface area contributed by atoms with E-state index in [-0.39, 0.29) is 24.1 Å². The highest BCUT2D eigenvalue weighted by Gasteiger charge is 2.32. The molecule has 0 radical (unpaired) electrons. The first-order valence-corrected chi connectivity index (χ1v) is 6.21. The van der Waals surface area contributed by atoms with Crippen molar-refractivity contribution in [3.05, 3.63) is 0 Å². The Labute approximate surface area is 97.8 Å². The molecule has 1 aliphatic carbocycles. The maximum atomic E-state index is 11.8. The fourth-order valence-electron chi connectivity index (χ4n) is 2.42. The number of carbonyl (C=O) groups is 1. The van der Waals surface area contributed by atoms with Crippen molar-refractivity contribution in [3.63, 3.8) is 0 Å². The first kappa shape index (κ1) is 13.5. The molecule has 3 N–H and O–H groups in total. The minimum Gasteiger partial charge on any atom is -0.394 e. The van der Waals surface area contributed by atoms with Crippen molar-refractivity contribution in [1.29, 1.82) is 0 Å². The number of aliphatic hydroxyl groups excluding tert-OH is 1. The highest BCUT2D eigenvalue weighted by molar-refractivity contribution is 5.77. The second-order valence-corrected chi connectivity index (χ2v) is 4.92. The van der Waals surface area contributed by atoms with Crippen molar-refractivity contribution >= 4 is 5.91 Å². The van der Waals surface area contributed by atoms with Crippen molar-refractivity contribution in [1.82, 2.24) is 10.6 Å². The van der Waals surface area contributed by atoms with Gasteiger partial charge in [-0.3, -0.25) is 4.79 Å². The van der Waals surface area contributed by atoms with Crippen LogP contribution in [0.1, 0.15) is 45.4 Å². The summed E-state index contributed by atoms with van der Waals surface area (Å²) in [7, 11) is 1.94. The van der Waals surface area contributed by atoms with Crippen molar-refractivity contribution in [2.24, 2.45) is 0 Å². The largest absolute Gasteiger partial charge is 0.394 e. The second-order valence-electron chi connectivity index (χ2n) is 4.92. The van der Waals surface area contributed by atoms with Crippen molar-refractivity contribution < 1.29 is 9.90 Å². The topological polar surface area (TPSA) is 61.4 Å².